The van der Waals surface area contributed by atoms with E-state index in [4.69, 9.17) is 23.2 Å². The molecule has 0 aliphatic rings. The summed E-state index contributed by atoms with van der Waals surface area (Å²) in [6, 6.07) is 16.3. The monoisotopic (exact) mass is 314 g/mol. The maximum absolute atomic E-state index is 6.19. The van der Waals surface area contributed by atoms with Crippen LogP contribution in [0.4, 0.5) is 0 Å². The molecule has 0 saturated carbocycles. The van der Waals surface area contributed by atoms with Crippen molar-refractivity contribution in [1.29, 1.82) is 0 Å². The van der Waals surface area contributed by atoms with Gasteiger partial charge < -0.3 is 0 Å². The largest absolute Gasteiger partial charge is 0.225 e. The zero-order valence-electron chi connectivity index (χ0n) is 11.3. The van der Waals surface area contributed by atoms with Crippen LogP contribution in [0.25, 0.3) is 22.4 Å². The molecule has 0 radical (unpaired) electrons. The van der Waals surface area contributed by atoms with Crippen LogP contribution in [0.1, 0.15) is 5.56 Å². The lowest BCUT2D eigenvalue weighted by Gasteiger charge is -2.10. The fourth-order valence-electron chi connectivity index (χ4n) is 2.25. The van der Waals surface area contributed by atoms with E-state index < -0.39 is 0 Å². The first-order chi connectivity index (χ1) is 10.1. The van der Waals surface area contributed by atoms with Crippen LogP contribution >= 0.6 is 23.2 Å². The lowest BCUT2D eigenvalue weighted by atomic mass is 9.97. The highest BCUT2D eigenvalue weighted by molar-refractivity contribution is 6.33. The molecule has 0 saturated heterocycles. The van der Waals surface area contributed by atoms with E-state index in [1.54, 1.807) is 0 Å². The van der Waals surface area contributed by atoms with Crippen molar-refractivity contribution in [3.8, 4) is 22.4 Å². The standard InChI is InChI=1S/C17H12Cl2N2/c1-11-7-8-13(16-15(18)10-20-17(19)21-16)9-14(11)12-5-3-2-4-6-12/h2-10H,1H3. The molecule has 4 heteroatoms. The van der Waals surface area contributed by atoms with Crippen LogP contribution < -0.4 is 0 Å². The Hall–Kier alpha value is -1.90. The van der Waals surface area contributed by atoms with Gasteiger partial charge in [0, 0.05) is 5.56 Å². The van der Waals surface area contributed by atoms with Gasteiger partial charge in [-0.05, 0) is 41.3 Å². The Kier molecular flexibility index (Phi) is 3.91. The fourth-order valence-corrected chi connectivity index (χ4v) is 2.58. The van der Waals surface area contributed by atoms with Gasteiger partial charge in [0.2, 0.25) is 5.28 Å². The first kappa shape index (κ1) is 14.1. The highest BCUT2D eigenvalue weighted by Crippen LogP contribution is 2.31. The Morgan fingerprint density at radius 1 is 0.905 bits per heavy atom. The van der Waals surface area contributed by atoms with Crippen molar-refractivity contribution >= 4 is 23.2 Å². The molecular formula is C17H12Cl2N2. The van der Waals surface area contributed by atoms with Gasteiger partial charge in [-0.3, -0.25) is 0 Å². The van der Waals surface area contributed by atoms with Gasteiger partial charge in [-0.1, -0.05) is 54.1 Å². The third-order valence-corrected chi connectivity index (χ3v) is 3.77. The molecule has 1 aromatic heterocycles. The van der Waals surface area contributed by atoms with Gasteiger partial charge in [-0.2, -0.15) is 0 Å². The summed E-state index contributed by atoms with van der Waals surface area (Å²) in [6.45, 7) is 2.08. The maximum Gasteiger partial charge on any atom is 0.222 e. The SMILES string of the molecule is Cc1ccc(-c2nc(Cl)ncc2Cl)cc1-c1ccccc1. The Labute approximate surface area is 133 Å². The van der Waals surface area contributed by atoms with Gasteiger partial charge in [-0.25, -0.2) is 9.97 Å². The summed E-state index contributed by atoms with van der Waals surface area (Å²) in [6.07, 6.45) is 1.52. The number of hydrogen-bond donors (Lipinski definition) is 0. The molecule has 0 bridgehead atoms. The van der Waals surface area contributed by atoms with Crippen LogP contribution in [-0.4, -0.2) is 9.97 Å². The first-order valence-corrected chi connectivity index (χ1v) is 7.25. The van der Waals surface area contributed by atoms with Crippen LogP contribution in [0.5, 0.6) is 0 Å². The number of hydrogen-bond acceptors (Lipinski definition) is 2. The van der Waals surface area contributed by atoms with Gasteiger partial charge in [0.05, 0.1) is 16.9 Å². The molecule has 0 amide bonds. The number of nitrogens with zero attached hydrogens (tertiary/aromatic N) is 2. The Morgan fingerprint density at radius 2 is 1.67 bits per heavy atom. The zero-order chi connectivity index (χ0) is 14.8. The average Bonchev–Trinajstić information content (AvgIpc) is 2.51. The van der Waals surface area contributed by atoms with Crippen LogP contribution in [-0.2, 0) is 0 Å². The first-order valence-electron chi connectivity index (χ1n) is 6.49. The maximum atomic E-state index is 6.19. The summed E-state index contributed by atoms with van der Waals surface area (Å²) in [5, 5.41) is 0.679. The Morgan fingerprint density at radius 3 is 2.43 bits per heavy atom. The number of halogens is 2. The summed E-state index contributed by atoms with van der Waals surface area (Å²) < 4.78 is 0. The normalized spacial score (nSPS) is 10.6. The molecule has 2 nitrogen and oxygen atoms in total. The molecular weight excluding hydrogens is 303 g/mol. The summed E-state index contributed by atoms with van der Waals surface area (Å²) >= 11 is 12.1. The average molecular weight is 315 g/mol. The minimum Gasteiger partial charge on any atom is -0.225 e. The molecule has 2 aromatic carbocycles. The van der Waals surface area contributed by atoms with Crippen molar-refractivity contribution in [2.24, 2.45) is 0 Å². The number of aromatic nitrogens is 2. The van der Waals surface area contributed by atoms with Gasteiger partial charge >= 0.3 is 0 Å². The molecule has 0 aliphatic heterocycles. The quantitative estimate of drug-likeness (QED) is 0.590. The van der Waals surface area contributed by atoms with Crippen LogP contribution in [0.3, 0.4) is 0 Å². The van der Waals surface area contributed by atoms with E-state index in [9.17, 15) is 0 Å². The minimum absolute atomic E-state index is 0.191. The Bertz CT molecular complexity index is 786. The van der Waals surface area contributed by atoms with Gasteiger partial charge in [0.15, 0.2) is 0 Å². The smallest absolute Gasteiger partial charge is 0.222 e. The zero-order valence-corrected chi connectivity index (χ0v) is 12.9. The number of aryl methyl sites for hydroxylation is 1. The fraction of sp³-hybridized carbons (Fsp3) is 0.0588. The van der Waals surface area contributed by atoms with Crippen molar-refractivity contribution in [3.63, 3.8) is 0 Å². The van der Waals surface area contributed by atoms with E-state index in [2.05, 4.69) is 41.2 Å². The lowest BCUT2D eigenvalue weighted by molar-refractivity contribution is 1.17. The molecule has 0 fully saturated rings. The van der Waals surface area contributed by atoms with E-state index in [0.717, 1.165) is 16.7 Å². The van der Waals surface area contributed by atoms with Crippen molar-refractivity contribution < 1.29 is 0 Å². The van der Waals surface area contributed by atoms with Crippen LogP contribution in [0.15, 0.2) is 54.7 Å². The molecule has 0 N–H and O–H groups in total. The highest BCUT2D eigenvalue weighted by Gasteiger charge is 2.10. The Balaban J connectivity index is 2.16. The van der Waals surface area contributed by atoms with E-state index in [-0.39, 0.29) is 5.28 Å². The van der Waals surface area contributed by atoms with E-state index in [0.29, 0.717) is 10.7 Å². The van der Waals surface area contributed by atoms with Crippen molar-refractivity contribution in [2.75, 3.05) is 0 Å². The second-order valence-electron chi connectivity index (χ2n) is 4.73. The minimum atomic E-state index is 0.191. The van der Waals surface area contributed by atoms with Crippen molar-refractivity contribution in [1.82, 2.24) is 9.97 Å². The molecule has 21 heavy (non-hydrogen) atoms. The molecule has 0 aliphatic carbocycles. The second kappa shape index (κ2) is 5.84. The summed E-state index contributed by atoms with van der Waals surface area (Å²) in [5.74, 6) is 0. The van der Waals surface area contributed by atoms with Gasteiger partial charge in [0.25, 0.3) is 0 Å². The molecule has 0 atom stereocenters. The summed E-state index contributed by atoms with van der Waals surface area (Å²) in [7, 11) is 0. The third-order valence-electron chi connectivity index (χ3n) is 3.31. The van der Waals surface area contributed by atoms with E-state index >= 15 is 0 Å². The summed E-state index contributed by atoms with van der Waals surface area (Å²) in [4.78, 5) is 8.12. The van der Waals surface area contributed by atoms with Crippen molar-refractivity contribution in [3.05, 3.63) is 70.6 Å². The third kappa shape index (κ3) is 2.92. The molecule has 3 aromatic rings. The number of rotatable bonds is 2. The number of benzene rings is 2. The predicted octanol–water partition coefficient (Wildman–Crippen LogP) is 5.43. The molecule has 1 heterocycles. The van der Waals surface area contributed by atoms with Crippen molar-refractivity contribution in [2.45, 2.75) is 6.92 Å². The van der Waals surface area contributed by atoms with Gasteiger partial charge in [-0.15, -0.1) is 0 Å². The second-order valence-corrected chi connectivity index (χ2v) is 5.48. The van der Waals surface area contributed by atoms with Gasteiger partial charge in [0.1, 0.15) is 0 Å². The topological polar surface area (TPSA) is 25.8 Å². The summed E-state index contributed by atoms with van der Waals surface area (Å²) in [5.41, 5.74) is 5.08. The predicted molar refractivity (Wildman–Crippen MR) is 87.7 cm³/mol. The molecule has 0 unspecified atom stereocenters. The van der Waals surface area contributed by atoms with Crippen LogP contribution in [0, 0.1) is 6.92 Å². The molecule has 0 spiro atoms. The highest BCUT2D eigenvalue weighted by atomic mass is 35.5. The lowest BCUT2D eigenvalue weighted by Crippen LogP contribution is -1.91. The van der Waals surface area contributed by atoms with E-state index in [1.165, 1.54) is 11.8 Å². The molecule has 104 valence electrons. The van der Waals surface area contributed by atoms with Crippen LogP contribution in [0.2, 0.25) is 10.3 Å². The molecule has 3 rings (SSSR count). The van der Waals surface area contributed by atoms with E-state index in [1.807, 2.05) is 24.3 Å².